The molecule has 2 heterocycles. The van der Waals surface area contributed by atoms with E-state index in [0.29, 0.717) is 18.7 Å². The molecule has 0 saturated carbocycles. The maximum absolute atomic E-state index is 12.7. The van der Waals surface area contributed by atoms with E-state index in [1.807, 2.05) is 38.1 Å². The molecule has 132 valence electrons. The predicted octanol–water partition coefficient (Wildman–Crippen LogP) is 3.16. The number of aromatic nitrogens is 1. The summed E-state index contributed by atoms with van der Waals surface area (Å²) >= 11 is 0. The van der Waals surface area contributed by atoms with Crippen molar-refractivity contribution in [1.29, 1.82) is 0 Å². The molecule has 0 spiro atoms. The third kappa shape index (κ3) is 3.16. The van der Waals surface area contributed by atoms with Gasteiger partial charge in [-0.25, -0.2) is 0 Å². The van der Waals surface area contributed by atoms with Crippen molar-refractivity contribution in [2.24, 2.45) is 5.92 Å². The first-order chi connectivity index (χ1) is 11.9. The molecule has 2 atom stereocenters. The van der Waals surface area contributed by atoms with Crippen LogP contribution in [0.25, 0.3) is 0 Å². The predicted molar refractivity (Wildman–Crippen MR) is 90.8 cm³/mol. The summed E-state index contributed by atoms with van der Waals surface area (Å²) in [4.78, 5) is 26.2. The molecule has 1 aromatic carbocycles. The van der Waals surface area contributed by atoms with Crippen molar-refractivity contribution < 1.29 is 19.2 Å². The van der Waals surface area contributed by atoms with Crippen LogP contribution in [0.5, 0.6) is 0 Å². The fraction of sp³-hybridized carbons (Fsp3) is 0.421. The summed E-state index contributed by atoms with van der Waals surface area (Å²) in [5.41, 5.74) is 3.44. The number of aryl methyl sites for hydroxylation is 3. The first kappa shape index (κ1) is 17.2. The molecule has 6 heteroatoms. The van der Waals surface area contributed by atoms with Crippen LogP contribution in [-0.2, 0) is 16.1 Å². The van der Waals surface area contributed by atoms with Gasteiger partial charge in [-0.05, 0) is 38.3 Å². The molecule has 1 fully saturated rings. The third-order valence-corrected chi connectivity index (χ3v) is 5.04. The second kappa shape index (κ2) is 6.70. The van der Waals surface area contributed by atoms with E-state index in [2.05, 4.69) is 5.16 Å². The molecular weight excluding hydrogens is 320 g/mol. The van der Waals surface area contributed by atoms with E-state index in [9.17, 15) is 14.7 Å². The van der Waals surface area contributed by atoms with Crippen LogP contribution in [0.4, 0.5) is 0 Å². The number of benzene rings is 1. The SMILES string of the molecule is Cc1ccccc1C1C(C(=O)O)CCC(=O)N1Cc1c(C)noc1C. The topological polar surface area (TPSA) is 83.6 Å². The van der Waals surface area contributed by atoms with Gasteiger partial charge < -0.3 is 14.5 Å². The molecule has 1 aliphatic rings. The van der Waals surface area contributed by atoms with Crippen molar-refractivity contribution in [3.8, 4) is 0 Å². The van der Waals surface area contributed by atoms with Gasteiger partial charge in [0.15, 0.2) is 0 Å². The summed E-state index contributed by atoms with van der Waals surface area (Å²) < 4.78 is 5.21. The van der Waals surface area contributed by atoms with Crippen LogP contribution in [0, 0.1) is 26.7 Å². The highest BCUT2D eigenvalue weighted by molar-refractivity contribution is 5.82. The minimum atomic E-state index is -0.871. The van der Waals surface area contributed by atoms with Crippen molar-refractivity contribution in [2.75, 3.05) is 0 Å². The van der Waals surface area contributed by atoms with Crippen LogP contribution >= 0.6 is 0 Å². The summed E-state index contributed by atoms with van der Waals surface area (Å²) in [5.74, 6) is -0.874. The van der Waals surface area contributed by atoms with E-state index in [1.165, 1.54) is 0 Å². The lowest BCUT2D eigenvalue weighted by atomic mass is 9.82. The molecule has 0 aliphatic carbocycles. The molecule has 1 aliphatic heterocycles. The summed E-state index contributed by atoms with van der Waals surface area (Å²) in [6, 6.07) is 7.16. The van der Waals surface area contributed by atoms with Crippen LogP contribution in [0.3, 0.4) is 0 Å². The third-order valence-electron chi connectivity index (χ3n) is 5.04. The number of hydrogen-bond acceptors (Lipinski definition) is 4. The number of amides is 1. The second-order valence-corrected chi connectivity index (χ2v) is 6.61. The molecule has 3 rings (SSSR count). The number of carboxylic acids is 1. The number of piperidine rings is 1. The Labute approximate surface area is 146 Å². The number of rotatable bonds is 4. The standard InChI is InChI=1S/C19H22N2O4/c1-11-6-4-5-7-14(11)18-15(19(23)24)8-9-17(22)21(18)10-16-12(2)20-25-13(16)3/h4-7,15,18H,8-10H2,1-3H3,(H,23,24). The van der Waals surface area contributed by atoms with Crippen molar-refractivity contribution >= 4 is 11.9 Å². The van der Waals surface area contributed by atoms with Crippen LogP contribution in [0.15, 0.2) is 28.8 Å². The Balaban J connectivity index is 2.06. The average molecular weight is 342 g/mol. The van der Waals surface area contributed by atoms with E-state index < -0.39 is 17.9 Å². The Morgan fingerprint density at radius 3 is 2.64 bits per heavy atom. The molecule has 1 N–H and O–H groups in total. The fourth-order valence-corrected chi connectivity index (χ4v) is 3.60. The molecule has 6 nitrogen and oxygen atoms in total. The summed E-state index contributed by atoms with van der Waals surface area (Å²) in [6.07, 6.45) is 0.591. The summed E-state index contributed by atoms with van der Waals surface area (Å²) in [6.45, 7) is 5.89. The monoisotopic (exact) mass is 342 g/mol. The van der Waals surface area contributed by atoms with Gasteiger partial charge in [0.2, 0.25) is 5.91 Å². The molecule has 2 unspecified atom stereocenters. The molecular formula is C19H22N2O4. The average Bonchev–Trinajstić information content (AvgIpc) is 2.88. The Kier molecular flexibility index (Phi) is 4.61. The summed E-state index contributed by atoms with van der Waals surface area (Å²) in [7, 11) is 0. The lowest BCUT2D eigenvalue weighted by Crippen LogP contribution is -2.45. The van der Waals surface area contributed by atoms with Gasteiger partial charge in [0.1, 0.15) is 5.76 Å². The zero-order valence-electron chi connectivity index (χ0n) is 14.7. The molecule has 2 aromatic rings. The molecule has 1 amide bonds. The molecule has 1 aromatic heterocycles. The maximum atomic E-state index is 12.7. The normalized spacial score (nSPS) is 20.8. The first-order valence-corrected chi connectivity index (χ1v) is 8.39. The molecule has 0 bridgehead atoms. The number of likely N-dealkylation sites (tertiary alicyclic amines) is 1. The van der Waals surface area contributed by atoms with Gasteiger partial charge in [-0.1, -0.05) is 29.4 Å². The van der Waals surface area contributed by atoms with Gasteiger partial charge in [0.05, 0.1) is 24.2 Å². The van der Waals surface area contributed by atoms with Gasteiger partial charge >= 0.3 is 5.97 Å². The molecule has 1 saturated heterocycles. The van der Waals surface area contributed by atoms with Gasteiger partial charge in [0.25, 0.3) is 0 Å². The van der Waals surface area contributed by atoms with Crippen LogP contribution < -0.4 is 0 Å². The van der Waals surface area contributed by atoms with E-state index in [0.717, 1.165) is 22.4 Å². The highest BCUT2D eigenvalue weighted by Crippen LogP contribution is 2.39. The van der Waals surface area contributed by atoms with Crippen molar-refractivity contribution in [3.63, 3.8) is 0 Å². The van der Waals surface area contributed by atoms with E-state index in [1.54, 1.807) is 11.8 Å². The van der Waals surface area contributed by atoms with Gasteiger partial charge in [-0.15, -0.1) is 0 Å². The van der Waals surface area contributed by atoms with Gasteiger partial charge in [0, 0.05) is 12.0 Å². The first-order valence-electron chi connectivity index (χ1n) is 8.39. The van der Waals surface area contributed by atoms with E-state index in [-0.39, 0.29) is 12.3 Å². The zero-order valence-corrected chi connectivity index (χ0v) is 14.7. The zero-order chi connectivity index (χ0) is 18.1. The Hall–Kier alpha value is -2.63. The maximum Gasteiger partial charge on any atom is 0.308 e. The number of carboxylic acid groups (broad SMARTS) is 1. The highest BCUT2D eigenvalue weighted by Gasteiger charge is 2.41. The van der Waals surface area contributed by atoms with Gasteiger partial charge in [-0.3, -0.25) is 9.59 Å². The summed E-state index contributed by atoms with van der Waals surface area (Å²) in [5, 5.41) is 13.7. The number of nitrogens with zero attached hydrogens (tertiary/aromatic N) is 2. The highest BCUT2D eigenvalue weighted by atomic mass is 16.5. The smallest absolute Gasteiger partial charge is 0.308 e. The lowest BCUT2D eigenvalue weighted by molar-refractivity contribution is -0.152. The van der Waals surface area contributed by atoms with Gasteiger partial charge in [-0.2, -0.15) is 0 Å². The number of carbonyl (C=O) groups is 2. The lowest BCUT2D eigenvalue weighted by Gasteiger charge is -2.40. The number of aliphatic carboxylic acids is 1. The van der Waals surface area contributed by atoms with Crippen molar-refractivity contribution in [2.45, 2.75) is 46.2 Å². The fourth-order valence-electron chi connectivity index (χ4n) is 3.60. The minimum Gasteiger partial charge on any atom is -0.481 e. The largest absolute Gasteiger partial charge is 0.481 e. The van der Waals surface area contributed by atoms with E-state index >= 15 is 0 Å². The Morgan fingerprint density at radius 1 is 1.32 bits per heavy atom. The molecule has 25 heavy (non-hydrogen) atoms. The van der Waals surface area contributed by atoms with Crippen LogP contribution in [-0.4, -0.2) is 27.0 Å². The Morgan fingerprint density at radius 2 is 2.04 bits per heavy atom. The number of hydrogen-bond donors (Lipinski definition) is 1. The quantitative estimate of drug-likeness (QED) is 0.923. The van der Waals surface area contributed by atoms with E-state index in [4.69, 9.17) is 4.52 Å². The molecule has 0 radical (unpaired) electrons. The second-order valence-electron chi connectivity index (χ2n) is 6.61. The Bertz CT molecular complexity index is 792. The van der Waals surface area contributed by atoms with Crippen molar-refractivity contribution in [3.05, 3.63) is 52.4 Å². The van der Waals surface area contributed by atoms with Crippen molar-refractivity contribution in [1.82, 2.24) is 10.1 Å². The number of carbonyl (C=O) groups excluding carboxylic acids is 1. The minimum absolute atomic E-state index is 0.0363. The van der Waals surface area contributed by atoms with Crippen LogP contribution in [0.1, 0.15) is 47.0 Å². The van der Waals surface area contributed by atoms with Crippen LogP contribution in [0.2, 0.25) is 0 Å².